The molecule has 2 aromatic carbocycles. The fourth-order valence-electron chi connectivity index (χ4n) is 3.87. The number of piperidine rings is 1. The summed E-state index contributed by atoms with van der Waals surface area (Å²) in [6, 6.07) is 12.4. The molecule has 2 unspecified atom stereocenters. The van der Waals surface area contributed by atoms with E-state index in [1.54, 1.807) is 13.2 Å². The highest BCUT2D eigenvalue weighted by molar-refractivity contribution is 7.49. The Kier molecular flexibility index (Phi) is 6.32. The second-order valence-corrected chi connectivity index (χ2v) is 9.65. The first kappa shape index (κ1) is 20.0. The van der Waals surface area contributed by atoms with Crippen LogP contribution in [0.1, 0.15) is 50.7 Å². The molecule has 1 aliphatic heterocycles. The number of phenols is 1. The second-order valence-electron chi connectivity index (χ2n) is 7.76. The first-order valence-electron chi connectivity index (χ1n) is 9.98. The summed E-state index contributed by atoms with van der Waals surface area (Å²) in [5, 5.41) is 11.8. The van der Waals surface area contributed by atoms with E-state index < -0.39 is 0 Å². The molecule has 2 atom stereocenters. The molecule has 0 saturated carbocycles. The highest BCUT2D eigenvalue weighted by Gasteiger charge is 2.30. The fraction of sp³-hybridized carbons (Fsp3) is 0.478. The lowest BCUT2D eigenvalue weighted by Crippen LogP contribution is -2.33. The van der Waals surface area contributed by atoms with Crippen LogP contribution in [0.5, 0.6) is 11.5 Å². The number of hydrogen-bond acceptors (Lipinski definition) is 3. The molecule has 0 aromatic heterocycles. The van der Waals surface area contributed by atoms with Gasteiger partial charge in [-0.25, -0.2) is 0 Å². The summed E-state index contributed by atoms with van der Waals surface area (Å²) in [5.41, 5.74) is 3.68. The summed E-state index contributed by atoms with van der Waals surface area (Å²) in [6.45, 7) is 8.94. The van der Waals surface area contributed by atoms with Gasteiger partial charge in [-0.3, -0.25) is 0 Å². The number of anilines is 1. The van der Waals surface area contributed by atoms with Gasteiger partial charge in [0.25, 0.3) is 0 Å². The van der Waals surface area contributed by atoms with E-state index in [4.69, 9.17) is 4.74 Å². The van der Waals surface area contributed by atoms with Crippen LogP contribution < -0.4 is 14.9 Å². The van der Waals surface area contributed by atoms with Crippen molar-refractivity contribution < 1.29 is 9.84 Å². The van der Waals surface area contributed by atoms with Crippen LogP contribution in [0.25, 0.3) is 0 Å². The van der Waals surface area contributed by atoms with Gasteiger partial charge in [-0.15, -0.1) is 0 Å². The molecule has 3 nitrogen and oxygen atoms in total. The molecule has 1 N–H and O–H groups in total. The minimum Gasteiger partial charge on any atom is -0.508 e. The van der Waals surface area contributed by atoms with E-state index >= 15 is 0 Å². The van der Waals surface area contributed by atoms with Gasteiger partial charge in [-0.05, 0) is 67.7 Å². The lowest BCUT2D eigenvalue weighted by atomic mass is 9.96. The third-order valence-electron chi connectivity index (χ3n) is 5.77. The van der Waals surface area contributed by atoms with E-state index in [9.17, 15) is 5.11 Å². The maximum absolute atomic E-state index is 10.6. The largest absolute Gasteiger partial charge is 0.508 e. The quantitative estimate of drug-likeness (QED) is 0.682. The molecule has 3 rings (SSSR count). The number of hydrogen-bond donors (Lipinski definition) is 1. The van der Waals surface area contributed by atoms with Gasteiger partial charge < -0.3 is 14.7 Å². The van der Waals surface area contributed by atoms with Crippen LogP contribution in [0.2, 0.25) is 0 Å². The summed E-state index contributed by atoms with van der Waals surface area (Å²) < 4.78 is 5.42. The molecular weight excluding hydrogens is 353 g/mol. The molecule has 0 radical (unpaired) electrons. The van der Waals surface area contributed by atoms with Gasteiger partial charge in [0.05, 0.1) is 7.11 Å². The average molecular weight is 385 g/mol. The first-order valence-corrected chi connectivity index (χ1v) is 11.0. The second kappa shape index (κ2) is 8.52. The van der Waals surface area contributed by atoms with E-state index in [1.165, 1.54) is 35.8 Å². The molecule has 1 saturated heterocycles. The smallest absolute Gasteiger partial charge is 0.119 e. The molecule has 1 heterocycles. The Labute approximate surface area is 165 Å². The van der Waals surface area contributed by atoms with E-state index in [2.05, 4.69) is 43.9 Å². The van der Waals surface area contributed by atoms with Crippen molar-refractivity contribution in [2.45, 2.75) is 51.6 Å². The Morgan fingerprint density at radius 2 is 1.85 bits per heavy atom. The highest BCUT2D eigenvalue weighted by atomic mass is 31.1. The molecule has 4 heteroatoms. The highest BCUT2D eigenvalue weighted by Crippen LogP contribution is 2.49. The Morgan fingerprint density at radius 3 is 2.52 bits per heavy atom. The Hall–Kier alpha value is -1.73. The topological polar surface area (TPSA) is 32.7 Å². The predicted molar refractivity (Wildman–Crippen MR) is 117 cm³/mol. The van der Waals surface area contributed by atoms with Crippen molar-refractivity contribution in [1.82, 2.24) is 0 Å². The molecule has 0 aliphatic carbocycles. The zero-order valence-electron chi connectivity index (χ0n) is 17.0. The van der Waals surface area contributed by atoms with Crippen LogP contribution in [0.4, 0.5) is 5.69 Å². The lowest BCUT2D eigenvalue weighted by Gasteiger charge is -2.35. The minimum atomic E-state index is -0.127. The third-order valence-corrected chi connectivity index (χ3v) is 7.63. The SMILES string of the molecule is CCC(C)(Pc1ccc(C)cc1N1CCCCC1)c1cc(OC)ccc1O. The zero-order chi connectivity index (χ0) is 19.4. The molecule has 0 spiro atoms. The molecule has 0 bridgehead atoms. The van der Waals surface area contributed by atoms with Gasteiger partial charge in [-0.2, -0.15) is 0 Å². The standard InChI is InChI=1S/C23H32NO2P/c1-5-23(3,19-16-18(26-4)10-11-21(19)25)27-22-12-9-17(2)15-20(22)24-13-7-6-8-14-24/h9-12,15-16,25,27H,5-8,13-14H2,1-4H3. The van der Waals surface area contributed by atoms with E-state index in [-0.39, 0.29) is 5.16 Å². The third kappa shape index (κ3) is 4.41. The van der Waals surface area contributed by atoms with Crippen molar-refractivity contribution in [3.05, 3.63) is 47.5 Å². The normalized spacial score (nSPS) is 17.3. The van der Waals surface area contributed by atoms with E-state index in [0.717, 1.165) is 30.8 Å². The number of ether oxygens (including phenoxy) is 1. The first-order chi connectivity index (χ1) is 13.0. The molecule has 146 valence electrons. The fourth-order valence-corrected chi connectivity index (χ4v) is 5.50. The molecule has 1 aliphatic rings. The summed E-state index contributed by atoms with van der Waals surface area (Å²) >= 11 is 0. The van der Waals surface area contributed by atoms with Crippen molar-refractivity contribution in [3.8, 4) is 11.5 Å². The number of phenolic OH excluding ortho intramolecular Hbond substituents is 1. The molecule has 0 amide bonds. The number of benzene rings is 2. The molecule has 2 aromatic rings. The monoisotopic (exact) mass is 385 g/mol. The van der Waals surface area contributed by atoms with Gasteiger partial charge in [0, 0.05) is 29.5 Å². The van der Waals surface area contributed by atoms with Crippen LogP contribution in [-0.2, 0) is 5.16 Å². The molecular formula is C23H32NO2P. The van der Waals surface area contributed by atoms with Gasteiger partial charge >= 0.3 is 0 Å². The van der Waals surface area contributed by atoms with Crippen LogP contribution in [-0.4, -0.2) is 25.3 Å². The summed E-state index contributed by atoms with van der Waals surface area (Å²) in [4.78, 5) is 2.56. The zero-order valence-corrected chi connectivity index (χ0v) is 18.0. The summed E-state index contributed by atoms with van der Waals surface area (Å²) in [6.07, 6.45) is 4.85. The van der Waals surface area contributed by atoms with E-state index in [0.29, 0.717) is 14.3 Å². The predicted octanol–water partition coefficient (Wildman–Crippen LogP) is 5.33. The summed E-state index contributed by atoms with van der Waals surface area (Å²) in [7, 11) is 2.26. The van der Waals surface area contributed by atoms with Gasteiger partial charge in [0.2, 0.25) is 0 Å². The minimum absolute atomic E-state index is 0.127. The maximum atomic E-state index is 10.6. The molecule has 27 heavy (non-hydrogen) atoms. The Morgan fingerprint density at radius 1 is 1.11 bits per heavy atom. The number of aromatic hydroxyl groups is 1. The number of aryl methyl sites for hydroxylation is 1. The Bertz CT molecular complexity index is 786. The lowest BCUT2D eigenvalue weighted by molar-refractivity contribution is 0.408. The van der Waals surface area contributed by atoms with Gasteiger partial charge in [0.1, 0.15) is 11.5 Å². The van der Waals surface area contributed by atoms with Crippen molar-refractivity contribution in [1.29, 1.82) is 0 Å². The maximum Gasteiger partial charge on any atom is 0.119 e. The van der Waals surface area contributed by atoms with Crippen molar-refractivity contribution >= 4 is 19.6 Å². The summed E-state index contributed by atoms with van der Waals surface area (Å²) in [5.74, 6) is 1.16. The van der Waals surface area contributed by atoms with Crippen molar-refractivity contribution in [2.24, 2.45) is 0 Å². The van der Waals surface area contributed by atoms with Crippen LogP contribution in [0, 0.1) is 6.92 Å². The van der Waals surface area contributed by atoms with Crippen LogP contribution >= 0.6 is 8.58 Å². The number of methoxy groups -OCH3 is 1. The van der Waals surface area contributed by atoms with Crippen LogP contribution in [0.3, 0.4) is 0 Å². The number of nitrogens with zero attached hydrogens (tertiary/aromatic N) is 1. The van der Waals surface area contributed by atoms with Crippen molar-refractivity contribution in [2.75, 3.05) is 25.1 Å². The van der Waals surface area contributed by atoms with Crippen molar-refractivity contribution in [3.63, 3.8) is 0 Å². The van der Waals surface area contributed by atoms with E-state index in [1.807, 2.05) is 12.1 Å². The van der Waals surface area contributed by atoms with Gasteiger partial charge in [-0.1, -0.05) is 34.6 Å². The average Bonchev–Trinajstić information content (AvgIpc) is 2.70. The molecule has 1 fully saturated rings. The number of rotatable bonds is 6. The van der Waals surface area contributed by atoms with Gasteiger partial charge in [0.15, 0.2) is 0 Å². The Balaban J connectivity index is 1.99. The van der Waals surface area contributed by atoms with Crippen LogP contribution in [0.15, 0.2) is 36.4 Å².